The largest absolute Gasteiger partial charge is 0.508 e. The van der Waals surface area contributed by atoms with Crippen LogP contribution in [0.25, 0.3) is 0 Å². The van der Waals surface area contributed by atoms with Crippen molar-refractivity contribution in [3.63, 3.8) is 0 Å². The van der Waals surface area contributed by atoms with Crippen molar-refractivity contribution >= 4 is 0 Å². The highest BCUT2D eigenvalue weighted by molar-refractivity contribution is 5.29. The Bertz CT molecular complexity index is 343. The van der Waals surface area contributed by atoms with Gasteiger partial charge in [0.2, 0.25) is 0 Å². The molecule has 1 unspecified atom stereocenters. The van der Waals surface area contributed by atoms with E-state index in [1.807, 2.05) is 12.1 Å². The van der Waals surface area contributed by atoms with Gasteiger partial charge in [0.1, 0.15) is 5.75 Å². The summed E-state index contributed by atoms with van der Waals surface area (Å²) in [5.41, 5.74) is 1.23. The number of likely N-dealkylation sites (tertiary alicyclic amines) is 1. The first kappa shape index (κ1) is 12.4. The molecule has 0 aliphatic carbocycles. The van der Waals surface area contributed by atoms with Gasteiger partial charge in [0.05, 0.1) is 0 Å². The van der Waals surface area contributed by atoms with Gasteiger partial charge in [-0.05, 0) is 50.6 Å². The first-order valence-electron chi connectivity index (χ1n) is 6.80. The molecule has 1 aromatic carbocycles. The molecule has 0 aromatic heterocycles. The lowest BCUT2D eigenvalue weighted by Crippen LogP contribution is -2.30. The normalized spacial score (nSPS) is 20.5. The van der Waals surface area contributed by atoms with Crippen molar-refractivity contribution in [2.45, 2.75) is 45.1 Å². The number of phenols is 1. The van der Waals surface area contributed by atoms with Crippen LogP contribution in [-0.2, 0) is 0 Å². The Balaban J connectivity index is 2.04. The summed E-state index contributed by atoms with van der Waals surface area (Å²) in [7, 11) is 0. The standard InChI is InChI=1S/C15H23NO/c1-13(14-8-7-9-15(17)12-14)16-10-5-3-2-4-6-11-16/h7-9,12-13,17H,2-6,10-11H2,1H3. The monoisotopic (exact) mass is 233 g/mol. The van der Waals surface area contributed by atoms with Gasteiger partial charge in [-0.2, -0.15) is 0 Å². The maximum atomic E-state index is 9.54. The lowest BCUT2D eigenvalue weighted by atomic mass is 10.0. The smallest absolute Gasteiger partial charge is 0.115 e. The molecule has 1 aliphatic heterocycles. The molecular weight excluding hydrogens is 210 g/mol. The highest BCUT2D eigenvalue weighted by Crippen LogP contribution is 2.25. The van der Waals surface area contributed by atoms with E-state index in [1.54, 1.807) is 6.07 Å². The molecule has 0 bridgehead atoms. The molecule has 0 amide bonds. The fraction of sp³-hybridized carbons (Fsp3) is 0.600. The van der Waals surface area contributed by atoms with Crippen LogP contribution in [0.3, 0.4) is 0 Å². The van der Waals surface area contributed by atoms with Crippen molar-refractivity contribution in [2.24, 2.45) is 0 Å². The van der Waals surface area contributed by atoms with Crippen LogP contribution in [0, 0.1) is 0 Å². The quantitative estimate of drug-likeness (QED) is 0.841. The van der Waals surface area contributed by atoms with Gasteiger partial charge in [-0.25, -0.2) is 0 Å². The summed E-state index contributed by atoms with van der Waals surface area (Å²) in [6, 6.07) is 8.10. The highest BCUT2D eigenvalue weighted by Gasteiger charge is 2.16. The van der Waals surface area contributed by atoms with Crippen LogP contribution in [0.15, 0.2) is 24.3 Å². The van der Waals surface area contributed by atoms with Crippen LogP contribution in [0.2, 0.25) is 0 Å². The second kappa shape index (κ2) is 6.06. The average Bonchev–Trinajstić information content (AvgIpc) is 2.28. The number of hydrogen-bond donors (Lipinski definition) is 1. The summed E-state index contributed by atoms with van der Waals surface area (Å²) < 4.78 is 0. The van der Waals surface area contributed by atoms with Gasteiger partial charge in [0, 0.05) is 6.04 Å². The van der Waals surface area contributed by atoms with E-state index in [4.69, 9.17) is 0 Å². The predicted octanol–water partition coefficient (Wildman–Crippen LogP) is 3.72. The zero-order valence-electron chi connectivity index (χ0n) is 10.7. The van der Waals surface area contributed by atoms with Gasteiger partial charge in [0.15, 0.2) is 0 Å². The number of benzene rings is 1. The molecule has 1 aliphatic rings. The zero-order chi connectivity index (χ0) is 12.1. The van der Waals surface area contributed by atoms with E-state index in [2.05, 4.69) is 17.9 Å². The van der Waals surface area contributed by atoms with Gasteiger partial charge in [0.25, 0.3) is 0 Å². The minimum absolute atomic E-state index is 0.376. The van der Waals surface area contributed by atoms with E-state index in [0.29, 0.717) is 11.8 Å². The second-order valence-electron chi connectivity index (χ2n) is 5.07. The van der Waals surface area contributed by atoms with Crippen LogP contribution in [0.4, 0.5) is 0 Å². The third-order valence-electron chi connectivity index (χ3n) is 3.79. The molecule has 17 heavy (non-hydrogen) atoms. The Morgan fingerprint density at radius 2 is 1.71 bits per heavy atom. The summed E-state index contributed by atoms with van der Waals surface area (Å²) in [5, 5.41) is 9.54. The highest BCUT2D eigenvalue weighted by atomic mass is 16.3. The fourth-order valence-corrected chi connectivity index (χ4v) is 2.65. The van der Waals surface area contributed by atoms with Crippen LogP contribution in [0.1, 0.15) is 50.6 Å². The van der Waals surface area contributed by atoms with E-state index >= 15 is 0 Å². The lowest BCUT2D eigenvalue weighted by molar-refractivity contribution is 0.191. The topological polar surface area (TPSA) is 23.5 Å². The average molecular weight is 233 g/mol. The van der Waals surface area contributed by atoms with E-state index in [-0.39, 0.29) is 0 Å². The number of hydrogen-bond acceptors (Lipinski definition) is 2. The van der Waals surface area contributed by atoms with E-state index in [9.17, 15) is 5.11 Å². The van der Waals surface area contributed by atoms with E-state index < -0.39 is 0 Å². The third kappa shape index (κ3) is 3.47. The van der Waals surface area contributed by atoms with Crippen LogP contribution < -0.4 is 0 Å². The molecule has 1 heterocycles. The van der Waals surface area contributed by atoms with E-state index in [0.717, 1.165) is 0 Å². The van der Waals surface area contributed by atoms with Crippen molar-refractivity contribution in [2.75, 3.05) is 13.1 Å². The molecule has 1 fully saturated rings. The molecule has 0 radical (unpaired) electrons. The van der Waals surface area contributed by atoms with Gasteiger partial charge >= 0.3 is 0 Å². The Morgan fingerprint density at radius 3 is 2.35 bits per heavy atom. The number of rotatable bonds is 2. The first-order chi connectivity index (χ1) is 8.27. The van der Waals surface area contributed by atoms with Crippen LogP contribution in [0.5, 0.6) is 5.75 Å². The van der Waals surface area contributed by atoms with Gasteiger partial charge in [-0.15, -0.1) is 0 Å². The molecule has 1 aromatic rings. The number of nitrogens with zero attached hydrogens (tertiary/aromatic N) is 1. The maximum absolute atomic E-state index is 9.54. The molecular formula is C15H23NO. The molecule has 2 rings (SSSR count). The minimum atomic E-state index is 0.376. The Hall–Kier alpha value is -1.02. The molecule has 1 N–H and O–H groups in total. The summed E-state index contributed by atoms with van der Waals surface area (Å²) in [5.74, 6) is 0.376. The van der Waals surface area contributed by atoms with Gasteiger partial charge in [-0.3, -0.25) is 4.90 Å². The summed E-state index contributed by atoms with van der Waals surface area (Å²) in [4.78, 5) is 2.55. The van der Waals surface area contributed by atoms with Crippen LogP contribution >= 0.6 is 0 Å². The minimum Gasteiger partial charge on any atom is -0.508 e. The Kier molecular flexibility index (Phi) is 4.43. The van der Waals surface area contributed by atoms with Crippen LogP contribution in [-0.4, -0.2) is 23.1 Å². The number of aromatic hydroxyl groups is 1. The van der Waals surface area contributed by atoms with Crippen molar-refractivity contribution in [1.82, 2.24) is 4.90 Å². The molecule has 1 atom stereocenters. The Labute approximate surface area is 104 Å². The molecule has 94 valence electrons. The molecule has 1 saturated heterocycles. The maximum Gasteiger partial charge on any atom is 0.115 e. The summed E-state index contributed by atoms with van der Waals surface area (Å²) >= 11 is 0. The number of phenolic OH excluding ortho intramolecular Hbond substituents is 1. The molecule has 0 spiro atoms. The molecule has 2 nitrogen and oxygen atoms in total. The molecule has 0 saturated carbocycles. The lowest BCUT2D eigenvalue weighted by Gasteiger charge is -2.31. The summed E-state index contributed by atoms with van der Waals surface area (Å²) in [6.07, 6.45) is 6.74. The van der Waals surface area contributed by atoms with Gasteiger partial charge < -0.3 is 5.11 Å². The SMILES string of the molecule is CC(c1cccc(O)c1)N1CCCCCCC1. The fourth-order valence-electron chi connectivity index (χ4n) is 2.65. The van der Waals surface area contributed by atoms with E-state index in [1.165, 1.54) is 50.8 Å². The van der Waals surface area contributed by atoms with Gasteiger partial charge in [-0.1, -0.05) is 31.4 Å². The van der Waals surface area contributed by atoms with Crippen molar-refractivity contribution < 1.29 is 5.11 Å². The second-order valence-corrected chi connectivity index (χ2v) is 5.07. The van der Waals surface area contributed by atoms with Crippen molar-refractivity contribution in [3.8, 4) is 5.75 Å². The third-order valence-corrected chi connectivity index (χ3v) is 3.79. The Morgan fingerprint density at radius 1 is 1.06 bits per heavy atom. The first-order valence-corrected chi connectivity index (χ1v) is 6.80. The van der Waals surface area contributed by atoms with Crippen molar-refractivity contribution in [1.29, 1.82) is 0 Å². The summed E-state index contributed by atoms with van der Waals surface area (Å²) in [6.45, 7) is 4.63. The predicted molar refractivity (Wildman–Crippen MR) is 71.2 cm³/mol. The molecule has 2 heteroatoms. The van der Waals surface area contributed by atoms with Crippen molar-refractivity contribution in [3.05, 3.63) is 29.8 Å². The zero-order valence-corrected chi connectivity index (χ0v) is 10.7.